The van der Waals surface area contributed by atoms with Crippen LogP contribution in [0.2, 0.25) is 0 Å². The van der Waals surface area contributed by atoms with Gasteiger partial charge in [-0.2, -0.15) is 0 Å². The highest BCUT2D eigenvalue weighted by Crippen LogP contribution is 2.13. The SMILES string of the molecule is CC(C)Cc1ccc(CNC(=O)C(C)(C)CN)cc1. The Morgan fingerprint density at radius 3 is 2.21 bits per heavy atom. The number of nitrogens with two attached hydrogens (primary N) is 1. The summed E-state index contributed by atoms with van der Waals surface area (Å²) in [6.45, 7) is 9.05. The van der Waals surface area contributed by atoms with E-state index in [0.29, 0.717) is 19.0 Å². The smallest absolute Gasteiger partial charge is 0.227 e. The molecule has 0 unspecified atom stereocenters. The Kier molecular flexibility index (Phi) is 5.55. The van der Waals surface area contributed by atoms with Gasteiger partial charge in [-0.05, 0) is 37.3 Å². The first-order valence-electron chi connectivity index (χ1n) is 6.91. The number of rotatable bonds is 6. The summed E-state index contributed by atoms with van der Waals surface area (Å²) in [6.07, 6.45) is 1.09. The Morgan fingerprint density at radius 1 is 1.21 bits per heavy atom. The number of hydrogen-bond donors (Lipinski definition) is 2. The van der Waals surface area contributed by atoms with Crippen LogP contribution in [-0.4, -0.2) is 12.5 Å². The number of benzene rings is 1. The van der Waals surface area contributed by atoms with Gasteiger partial charge in [0.25, 0.3) is 0 Å². The van der Waals surface area contributed by atoms with Gasteiger partial charge in [-0.25, -0.2) is 0 Å². The van der Waals surface area contributed by atoms with E-state index in [-0.39, 0.29) is 5.91 Å². The maximum absolute atomic E-state index is 11.9. The fourth-order valence-corrected chi connectivity index (χ4v) is 1.78. The molecule has 0 aliphatic rings. The predicted molar refractivity (Wildman–Crippen MR) is 79.7 cm³/mol. The highest BCUT2D eigenvalue weighted by Gasteiger charge is 2.25. The van der Waals surface area contributed by atoms with Gasteiger partial charge in [-0.1, -0.05) is 38.1 Å². The van der Waals surface area contributed by atoms with Crippen molar-refractivity contribution in [3.63, 3.8) is 0 Å². The molecule has 1 aromatic rings. The number of amides is 1. The lowest BCUT2D eigenvalue weighted by Crippen LogP contribution is -2.41. The Balaban J connectivity index is 2.53. The largest absolute Gasteiger partial charge is 0.352 e. The van der Waals surface area contributed by atoms with E-state index >= 15 is 0 Å². The second-order valence-electron chi connectivity index (χ2n) is 6.19. The first-order chi connectivity index (χ1) is 8.85. The molecule has 0 spiro atoms. The zero-order valence-corrected chi connectivity index (χ0v) is 12.5. The Bertz CT molecular complexity index is 407. The molecular formula is C16H26N2O. The van der Waals surface area contributed by atoms with Crippen LogP contribution in [0.1, 0.15) is 38.8 Å². The van der Waals surface area contributed by atoms with Gasteiger partial charge in [-0.3, -0.25) is 4.79 Å². The molecule has 106 valence electrons. The predicted octanol–water partition coefficient (Wildman–Crippen LogP) is 2.49. The van der Waals surface area contributed by atoms with Crippen molar-refractivity contribution in [1.29, 1.82) is 0 Å². The molecule has 0 saturated carbocycles. The molecule has 19 heavy (non-hydrogen) atoms. The van der Waals surface area contributed by atoms with Crippen LogP contribution < -0.4 is 11.1 Å². The fourth-order valence-electron chi connectivity index (χ4n) is 1.78. The van der Waals surface area contributed by atoms with Crippen LogP contribution in [0.25, 0.3) is 0 Å². The van der Waals surface area contributed by atoms with Gasteiger partial charge >= 0.3 is 0 Å². The fraction of sp³-hybridized carbons (Fsp3) is 0.562. The average Bonchev–Trinajstić information content (AvgIpc) is 2.36. The Labute approximate surface area is 116 Å². The molecule has 1 amide bonds. The molecule has 0 aliphatic carbocycles. The lowest BCUT2D eigenvalue weighted by molar-refractivity contribution is -0.129. The molecule has 3 heteroatoms. The molecule has 0 radical (unpaired) electrons. The van der Waals surface area contributed by atoms with Crippen molar-refractivity contribution in [2.45, 2.75) is 40.7 Å². The van der Waals surface area contributed by atoms with E-state index in [0.717, 1.165) is 12.0 Å². The number of carbonyl (C=O) groups excluding carboxylic acids is 1. The van der Waals surface area contributed by atoms with Crippen molar-refractivity contribution in [3.8, 4) is 0 Å². The third kappa shape index (κ3) is 5.03. The normalized spacial score (nSPS) is 11.7. The van der Waals surface area contributed by atoms with Crippen molar-refractivity contribution >= 4 is 5.91 Å². The molecule has 0 fully saturated rings. The summed E-state index contributed by atoms with van der Waals surface area (Å²) in [6, 6.07) is 8.42. The summed E-state index contributed by atoms with van der Waals surface area (Å²) in [5, 5.41) is 2.93. The van der Waals surface area contributed by atoms with Crippen LogP contribution in [0.3, 0.4) is 0 Å². The van der Waals surface area contributed by atoms with E-state index in [1.165, 1.54) is 5.56 Å². The van der Waals surface area contributed by atoms with E-state index in [1.807, 2.05) is 13.8 Å². The van der Waals surface area contributed by atoms with Crippen LogP contribution in [0.5, 0.6) is 0 Å². The zero-order valence-electron chi connectivity index (χ0n) is 12.5. The minimum absolute atomic E-state index is 0.00116. The minimum atomic E-state index is -0.502. The van der Waals surface area contributed by atoms with Crippen LogP contribution in [0, 0.1) is 11.3 Å². The molecule has 1 rings (SSSR count). The van der Waals surface area contributed by atoms with Gasteiger partial charge in [-0.15, -0.1) is 0 Å². The van der Waals surface area contributed by atoms with Gasteiger partial charge in [0, 0.05) is 13.1 Å². The zero-order chi connectivity index (χ0) is 14.5. The van der Waals surface area contributed by atoms with Crippen molar-refractivity contribution < 1.29 is 4.79 Å². The maximum atomic E-state index is 11.9. The van der Waals surface area contributed by atoms with Crippen molar-refractivity contribution in [3.05, 3.63) is 35.4 Å². The van der Waals surface area contributed by atoms with Gasteiger partial charge in [0.05, 0.1) is 5.41 Å². The summed E-state index contributed by atoms with van der Waals surface area (Å²) < 4.78 is 0. The second-order valence-corrected chi connectivity index (χ2v) is 6.19. The van der Waals surface area contributed by atoms with Crippen LogP contribution in [-0.2, 0) is 17.8 Å². The summed E-state index contributed by atoms with van der Waals surface area (Å²) in [5.74, 6) is 0.664. The van der Waals surface area contributed by atoms with Crippen LogP contribution in [0.4, 0.5) is 0 Å². The van der Waals surface area contributed by atoms with Gasteiger partial charge in [0.1, 0.15) is 0 Å². The Hall–Kier alpha value is -1.35. The molecule has 3 N–H and O–H groups in total. The molecule has 0 bridgehead atoms. The first kappa shape index (κ1) is 15.7. The molecule has 0 aliphatic heterocycles. The van der Waals surface area contributed by atoms with E-state index < -0.39 is 5.41 Å². The molecule has 0 heterocycles. The number of hydrogen-bond acceptors (Lipinski definition) is 2. The monoisotopic (exact) mass is 262 g/mol. The molecule has 0 atom stereocenters. The molecular weight excluding hydrogens is 236 g/mol. The van der Waals surface area contributed by atoms with Crippen molar-refractivity contribution in [1.82, 2.24) is 5.32 Å². The summed E-state index contributed by atoms with van der Waals surface area (Å²) in [4.78, 5) is 11.9. The molecule has 1 aromatic carbocycles. The van der Waals surface area contributed by atoms with E-state index in [2.05, 4.69) is 43.4 Å². The lowest BCUT2D eigenvalue weighted by Gasteiger charge is -2.21. The summed E-state index contributed by atoms with van der Waals surface area (Å²) >= 11 is 0. The maximum Gasteiger partial charge on any atom is 0.227 e. The Morgan fingerprint density at radius 2 is 1.74 bits per heavy atom. The number of nitrogens with one attached hydrogen (secondary N) is 1. The standard InChI is InChI=1S/C16H26N2O/c1-12(2)9-13-5-7-14(8-6-13)10-18-15(19)16(3,4)11-17/h5-8,12H,9-11,17H2,1-4H3,(H,18,19). The van der Waals surface area contributed by atoms with Crippen molar-refractivity contribution in [2.75, 3.05) is 6.54 Å². The summed E-state index contributed by atoms with van der Waals surface area (Å²) in [5.41, 5.74) is 7.54. The van der Waals surface area contributed by atoms with Crippen molar-refractivity contribution in [2.24, 2.45) is 17.1 Å². The van der Waals surface area contributed by atoms with E-state index in [1.54, 1.807) is 0 Å². The molecule has 3 nitrogen and oxygen atoms in total. The first-order valence-corrected chi connectivity index (χ1v) is 6.91. The quantitative estimate of drug-likeness (QED) is 0.827. The van der Waals surface area contributed by atoms with Gasteiger partial charge in [0.15, 0.2) is 0 Å². The minimum Gasteiger partial charge on any atom is -0.352 e. The topological polar surface area (TPSA) is 55.1 Å². The third-order valence-electron chi connectivity index (χ3n) is 3.24. The lowest BCUT2D eigenvalue weighted by atomic mass is 9.92. The second kappa shape index (κ2) is 6.71. The third-order valence-corrected chi connectivity index (χ3v) is 3.24. The van der Waals surface area contributed by atoms with E-state index in [4.69, 9.17) is 5.73 Å². The molecule has 0 aromatic heterocycles. The van der Waals surface area contributed by atoms with Crippen LogP contribution in [0.15, 0.2) is 24.3 Å². The molecule has 0 saturated heterocycles. The number of carbonyl (C=O) groups is 1. The highest BCUT2D eigenvalue weighted by atomic mass is 16.2. The summed E-state index contributed by atoms with van der Waals surface area (Å²) in [7, 11) is 0. The van der Waals surface area contributed by atoms with Gasteiger partial charge < -0.3 is 11.1 Å². The highest BCUT2D eigenvalue weighted by molar-refractivity contribution is 5.81. The average molecular weight is 262 g/mol. The van der Waals surface area contributed by atoms with Crippen LogP contribution >= 0.6 is 0 Å². The van der Waals surface area contributed by atoms with E-state index in [9.17, 15) is 4.79 Å². The van der Waals surface area contributed by atoms with Gasteiger partial charge in [0.2, 0.25) is 5.91 Å².